The second-order valence-corrected chi connectivity index (χ2v) is 6.22. The average molecular weight is 277 g/mol. The first-order valence-corrected chi connectivity index (χ1v) is 8.22. The first kappa shape index (κ1) is 15.5. The predicted molar refractivity (Wildman–Crippen MR) is 83.2 cm³/mol. The highest BCUT2D eigenvalue weighted by molar-refractivity contribution is 5.20. The van der Waals surface area contributed by atoms with E-state index in [4.69, 9.17) is 0 Å². The van der Waals surface area contributed by atoms with E-state index < -0.39 is 0 Å². The van der Waals surface area contributed by atoms with E-state index in [2.05, 4.69) is 19.2 Å². The van der Waals surface area contributed by atoms with Crippen LogP contribution in [0.1, 0.15) is 70.4 Å². The third-order valence-corrected chi connectivity index (χ3v) is 4.73. The molecule has 20 heavy (non-hydrogen) atoms. The van der Waals surface area contributed by atoms with E-state index in [9.17, 15) is 4.39 Å². The fourth-order valence-electron chi connectivity index (χ4n) is 3.44. The van der Waals surface area contributed by atoms with Crippen LogP contribution in [0.15, 0.2) is 24.3 Å². The SMILES string of the molecule is CCC(N[C@@H](C)C1CCCCCC1)c1cccc(F)c1. The zero-order valence-corrected chi connectivity index (χ0v) is 12.9. The minimum atomic E-state index is -0.134. The smallest absolute Gasteiger partial charge is 0.123 e. The molecule has 2 rings (SSSR count). The summed E-state index contributed by atoms with van der Waals surface area (Å²) in [5.74, 6) is 0.643. The lowest BCUT2D eigenvalue weighted by molar-refractivity contribution is 0.306. The molecule has 0 spiro atoms. The summed E-state index contributed by atoms with van der Waals surface area (Å²) in [5, 5.41) is 3.74. The molecule has 1 aliphatic carbocycles. The van der Waals surface area contributed by atoms with Gasteiger partial charge in [0.15, 0.2) is 0 Å². The monoisotopic (exact) mass is 277 g/mol. The van der Waals surface area contributed by atoms with Gasteiger partial charge in [0.25, 0.3) is 0 Å². The predicted octanol–water partition coefficient (Wildman–Crippen LogP) is 5.23. The number of rotatable bonds is 5. The zero-order chi connectivity index (χ0) is 14.4. The third kappa shape index (κ3) is 4.31. The lowest BCUT2D eigenvalue weighted by atomic mass is 9.91. The molecule has 1 aromatic carbocycles. The molecule has 0 heterocycles. The fourth-order valence-corrected chi connectivity index (χ4v) is 3.44. The standard InChI is InChI=1S/C18H28FN/c1-3-18(16-11-8-12-17(19)13-16)20-14(2)15-9-6-4-5-7-10-15/h8,11-15,18,20H,3-7,9-10H2,1-2H3/t14-,18?/m0/s1. The summed E-state index contributed by atoms with van der Waals surface area (Å²) in [6.45, 7) is 4.47. The topological polar surface area (TPSA) is 12.0 Å². The molecule has 1 aliphatic rings. The van der Waals surface area contributed by atoms with Gasteiger partial charge in [-0.3, -0.25) is 0 Å². The summed E-state index contributed by atoms with van der Waals surface area (Å²) in [4.78, 5) is 0. The van der Waals surface area contributed by atoms with Crippen LogP contribution in [0.4, 0.5) is 4.39 Å². The molecule has 1 saturated carbocycles. The lowest BCUT2D eigenvalue weighted by Gasteiger charge is -2.28. The Morgan fingerprint density at radius 2 is 1.90 bits per heavy atom. The number of halogens is 1. The molecule has 1 fully saturated rings. The Labute approximate surface area is 123 Å². The third-order valence-electron chi connectivity index (χ3n) is 4.73. The van der Waals surface area contributed by atoms with Crippen LogP contribution in [0.3, 0.4) is 0 Å². The summed E-state index contributed by atoms with van der Waals surface area (Å²) in [5.41, 5.74) is 1.08. The van der Waals surface area contributed by atoms with E-state index in [1.54, 1.807) is 6.07 Å². The van der Waals surface area contributed by atoms with E-state index in [-0.39, 0.29) is 11.9 Å². The van der Waals surface area contributed by atoms with Crippen molar-refractivity contribution in [3.05, 3.63) is 35.6 Å². The summed E-state index contributed by atoms with van der Waals surface area (Å²) in [7, 11) is 0. The minimum Gasteiger partial charge on any atom is -0.307 e. The molecular formula is C18H28FN. The molecule has 1 nitrogen and oxygen atoms in total. The van der Waals surface area contributed by atoms with Gasteiger partial charge in [0.1, 0.15) is 5.82 Å². The maximum atomic E-state index is 13.4. The number of hydrogen-bond acceptors (Lipinski definition) is 1. The van der Waals surface area contributed by atoms with Gasteiger partial charge in [0, 0.05) is 12.1 Å². The molecule has 0 amide bonds. The molecule has 112 valence electrons. The van der Waals surface area contributed by atoms with E-state index >= 15 is 0 Å². The van der Waals surface area contributed by atoms with Crippen LogP contribution in [0, 0.1) is 11.7 Å². The molecule has 0 bridgehead atoms. The normalized spacial score (nSPS) is 20.4. The van der Waals surface area contributed by atoms with Crippen LogP contribution >= 0.6 is 0 Å². The Balaban J connectivity index is 1.98. The van der Waals surface area contributed by atoms with Gasteiger partial charge in [-0.1, -0.05) is 44.7 Å². The molecule has 2 atom stereocenters. The molecule has 0 radical (unpaired) electrons. The Bertz CT molecular complexity index is 396. The van der Waals surface area contributed by atoms with Crippen molar-refractivity contribution in [3.63, 3.8) is 0 Å². The first-order chi connectivity index (χ1) is 9.70. The van der Waals surface area contributed by atoms with Crippen molar-refractivity contribution in [1.29, 1.82) is 0 Å². The van der Waals surface area contributed by atoms with Gasteiger partial charge in [-0.25, -0.2) is 4.39 Å². The Hall–Kier alpha value is -0.890. The Kier molecular flexibility index (Phi) is 6.03. The maximum Gasteiger partial charge on any atom is 0.123 e. The number of nitrogens with one attached hydrogen (secondary N) is 1. The van der Waals surface area contributed by atoms with E-state index in [1.807, 2.05) is 12.1 Å². The summed E-state index contributed by atoms with van der Waals surface area (Å²) in [6, 6.07) is 7.81. The molecule has 0 saturated heterocycles. The highest BCUT2D eigenvalue weighted by Gasteiger charge is 2.21. The van der Waals surface area contributed by atoms with E-state index in [1.165, 1.54) is 44.6 Å². The van der Waals surface area contributed by atoms with Gasteiger partial charge in [0.2, 0.25) is 0 Å². The van der Waals surface area contributed by atoms with Crippen molar-refractivity contribution in [2.24, 2.45) is 5.92 Å². The highest BCUT2D eigenvalue weighted by Crippen LogP contribution is 2.27. The molecule has 1 aromatic rings. The Morgan fingerprint density at radius 3 is 2.50 bits per heavy atom. The molecule has 0 aromatic heterocycles. The minimum absolute atomic E-state index is 0.134. The van der Waals surface area contributed by atoms with Crippen LogP contribution in [0.25, 0.3) is 0 Å². The van der Waals surface area contributed by atoms with E-state index in [0.29, 0.717) is 6.04 Å². The second-order valence-electron chi connectivity index (χ2n) is 6.22. The zero-order valence-electron chi connectivity index (χ0n) is 12.9. The fraction of sp³-hybridized carbons (Fsp3) is 0.667. The van der Waals surface area contributed by atoms with Gasteiger partial charge < -0.3 is 5.32 Å². The Morgan fingerprint density at radius 1 is 1.20 bits per heavy atom. The van der Waals surface area contributed by atoms with Crippen molar-refractivity contribution >= 4 is 0 Å². The molecule has 2 heteroatoms. The molecular weight excluding hydrogens is 249 g/mol. The van der Waals surface area contributed by atoms with Crippen LogP contribution < -0.4 is 5.32 Å². The second kappa shape index (κ2) is 7.78. The van der Waals surface area contributed by atoms with E-state index in [0.717, 1.165) is 17.9 Å². The van der Waals surface area contributed by atoms with Crippen LogP contribution in [0.5, 0.6) is 0 Å². The largest absolute Gasteiger partial charge is 0.307 e. The van der Waals surface area contributed by atoms with Gasteiger partial charge in [-0.2, -0.15) is 0 Å². The average Bonchev–Trinajstić information content (AvgIpc) is 2.73. The van der Waals surface area contributed by atoms with Crippen molar-refractivity contribution in [2.45, 2.75) is 70.9 Å². The number of hydrogen-bond donors (Lipinski definition) is 1. The van der Waals surface area contributed by atoms with Crippen molar-refractivity contribution in [3.8, 4) is 0 Å². The summed E-state index contributed by atoms with van der Waals surface area (Å²) < 4.78 is 13.4. The number of benzene rings is 1. The highest BCUT2D eigenvalue weighted by atomic mass is 19.1. The summed E-state index contributed by atoms with van der Waals surface area (Å²) in [6.07, 6.45) is 9.21. The van der Waals surface area contributed by atoms with Crippen LogP contribution in [0.2, 0.25) is 0 Å². The van der Waals surface area contributed by atoms with Crippen molar-refractivity contribution < 1.29 is 4.39 Å². The van der Waals surface area contributed by atoms with Crippen molar-refractivity contribution in [1.82, 2.24) is 5.32 Å². The van der Waals surface area contributed by atoms with Crippen LogP contribution in [-0.4, -0.2) is 6.04 Å². The van der Waals surface area contributed by atoms with Gasteiger partial charge >= 0.3 is 0 Å². The van der Waals surface area contributed by atoms with Crippen LogP contribution in [-0.2, 0) is 0 Å². The molecule has 1 N–H and O–H groups in total. The quantitative estimate of drug-likeness (QED) is 0.727. The van der Waals surface area contributed by atoms with Gasteiger partial charge in [-0.15, -0.1) is 0 Å². The first-order valence-electron chi connectivity index (χ1n) is 8.22. The van der Waals surface area contributed by atoms with Gasteiger partial charge in [-0.05, 0) is 49.8 Å². The summed E-state index contributed by atoms with van der Waals surface area (Å²) >= 11 is 0. The van der Waals surface area contributed by atoms with Crippen molar-refractivity contribution in [2.75, 3.05) is 0 Å². The molecule has 1 unspecified atom stereocenters. The van der Waals surface area contributed by atoms with Gasteiger partial charge in [0.05, 0.1) is 0 Å². The molecule has 0 aliphatic heterocycles. The lowest BCUT2D eigenvalue weighted by Crippen LogP contribution is -2.36. The maximum absolute atomic E-state index is 13.4.